The maximum Gasteiger partial charge on any atom is 0.142 e. The summed E-state index contributed by atoms with van der Waals surface area (Å²) in [5.74, 6) is -1.35. The largest absolute Gasteiger partial charge is 0.299 e. The van der Waals surface area contributed by atoms with Gasteiger partial charge in [0.05, 0.1) is 5.02 Å². The first-order valence-corrected chi connectivity index (χ1v) is 6.61. The zero-order valence-corrected chi connectivity index (χ0v) is 11.8. The summed E-state index contributed by atoms with van der Waals surface area (Å²) in [7, 11) is 0. The molecule has 0 aliphatic rings. The summed E-state index contributed by atoms with van der Waals surface area (Å²) in [5, 5.41) is 0.207. The molecule has 0 atom stereocenters. The van der Waals surface area contributed by atoms with E-state index in [1.165, 1.54) is 30.3 Å². The van der Waals surface area contributed by atoms with E-state index >= 15 is 0 Å². The van der Waals surface area contributed by atoms with E-state index in [0.29, 0.717) is 5.56 Å². The highest BCUT2D eigenvalue weighted by molar-refractivity contribution is 6.31. The molecule has 0 radical (unpaired) electrons. The lowest BCUT2D eigenvalue weighted by Crippen LogP contribution is -2.08. The third kappa shape index (κ3) is 3.56. The maximum atomic E-state index is 13.6. The molecule has 0 aliphatic carbocycles. The van der Waals surface area contributed by atoms with Gasteiger partial charge in [-0.05, 0) is 29.8 Å². The minimum Gasteiger partial charge on any atom is -0.299 e. The number of rotatable bonds is 4. The number of carbonyl (C=O) groups excluding carboxylic acids is 1. The van der Waals surface area contributed by atoms with Gasteiger partial charge in [0.2, 0.25) is 0 Å². The van der Waals surface area contributed by atoms with Crippen LogP contribution in [0.25, 0.3) is 0 Å². The van der Waals surface area contributed by atoms with E-state index in [4.69, 9.17) is 23.2 Å². The van der Waals surface area contributed by atoms with Gasteiger partial charge in [0.1, 0.15) is 17.4 Å². The Morgan fingerprint density at radius 3 is 2.35 bits per heavy atom. The number of ketones is 1. The Bertz CT molecular complexity index is 636. The third-order valence-electron chi connectivity index (χ3n) is 2.82. The van der Waals surface area contributed by atoms with Crippen LogP contribution in [0.3, 0.4) is 0 Å². The van der Waals surface area contributed by atoms with Gasteiger partial charge in [-0.1, -0.05) is 35.3 Å². The van der Waals surface area contributed by atoms with Gasteiger partial charge >= 0.3 is 0 Å². The van der Waals surface area contributed by atoms with Crippen molar-refractivity contribution in [2.75, 3.05) is 0 Å². The fourth-order valence-electron chi connectivity index (χ4n) is 1.84. The number of halogens is 4. The molecule has 0 saturated heterocycles. The first-order valence-electron chi connectivity index (χ1n) is 5.86. The SMILES string of the molecule is O=C(Cc1ccc(Cl)c(F)c1)Cc1c(F)cccc1Cl. The minimum absolute atomic E-state index is 0.00124. The molecule has 20 heavy (non-hydrogen) atoms. The third-order valence-corrected chi connectivity index (χ3v) is 3.48. The van der Waals surface area contributed by atoms with E-state index < -0.39 is 11.6 Å². The minimum atomic E-state index is -0.583. The zero-order chi connectivity index (χ0) is 14.7. The van der Waals surface area contributed by atoms with Crippen LogP contribution in [0, 0.1) is 11.6 Å². The molecule has 0 N–H and O–H groups in total. The topological polar surface area (TPSA) is 17.1 Å². The highest BCUT2D eigenvalue weighted by atomic mass is 35.5. The van der Waals surface area contributed by atoms with Crippen LogP contribution in [0.4, 0.5) is 8.78 Å². The van der Waals surface area contributed by atoms with Crippen LogP contribution in [-0.4, -0.2) is 5.78 Å². The second-order valence-electron chi connectivity index (χ2n) is 4.34. The number of hydrogen-bond acceptors (Lipinski definition) is 1. The molecule has 0 aromatic heterocycles. The summed E-state index contributed by atoms with van der Waals surface area (Å²) in [5.41, 5.74) is 0.651. The van der Waals surface area contributed by atoms with Gasteiger partial charge in [-0.2, -0.15) is 0 Å². The highest BCUT2D eigenvalue weighted by Crippen LogP contribution is 2.21. The maximum absolute atomic E-state index is 13.6. The molecule has 0 amide bonds. The molecule has 0 fully saturated rings. The van der Waals surface area contributed by atoms with Crippen LogP contribution in [-0.2, 0) is 17.6 Å². The molecule has 0 heterocycles. The molecule has 2 rings (SSSR count). The molecular formula is C15H10Cl2F2O. The molecule has 0 bridgehead atoms. The van der Waals surface area contributed by atoms with Crippen molar-refractivity contribution in [1.82, 2.24) is 0 Å². The highest BCUT2D eigenvalue weighted by Gasteiger charge is 2.13. The molecule has 5 heteroatoms. The van der Waals surface area contributed by atoms with Gasteiger partial charge in [-0.3, -0.25) is 4.79 Å². The van der Waals surface area contributed by atoms with Crippen LogP contribution in [0.1, 0.15) is 11.1 Å². The second kappa shape index (κ2) is 6.33. The van der Waals surface area contributed by atoms with Crippen molar-refractivity contribution in [1.29, 1.82) is 0 Å². The molecule has 0 saturated carbocycles. The average molecular weight is 315 g/mol. The van der Waals surface area contributed by atoms with Crippen molar-refractivity contribution in [3.8, 4) is 0 Å². The summed E-state index contributed by atoms with van der Waals surface area (Å²) in [6.45, 7) is 0. The number of benzene rings is 2. The van der Waals surface area contributed by atoms with Gasteiger partial charge in [-0.15, -0.1) is 0 Å². The summed E-state index contributed by atoms with van der Waals surface area (Å²) >= 11 is 11.4. The van der Waals surface area contributed by atoms with Gasteiger partial charge in [0, 0.05) is 23.4 Å². The fourth-order valence-corrected chi connectivity index (χ4v) is 2.19. The van der Waals surface area contributed by atoms with Crippen molar-refractivity contribution in [3.63, 3.8) is 0 Å². The van der Waals surface area contributed by atoms with Crippen LogP contribution in [0.15, 0.2) is 36.4 Å². The van der Waals surface area contributed by atoms with Crippen molar-refractivity contribution in [2.45, 2.75) is 12.8 Å². The van der Waals surface area contributed by atoms with E-state index in [9.17, 15) is 13.6 Å². The van der Waals surface area contributed by atoms with Gasteiger partial charge in [0.25, 0.3) is 0 Å². The molecule has 0 aliphatic heterocycles. The lowest BCUT2D eigenvalue weighted by molar-refractivity contribution is -0.117. The van der Waals surface area contributed by atoms with Gasteiger partial charge < -0.3 is 0 Å². The molecular weight excluding hydrogens is 305 g/mol. The van der Waals surface area contributed by atoms with Crippen molar-refractivity contribution < 1.29 is 13.6 Å². The second-order valence-corrected chi connectivity index (χ2v) is 5.16. The quantitative estimate of drug-likeness (QED) is 0.804. The van der Waals surface area contributed by atoms with Crippen LogP contribution >= 0.6 is 23.2 Å². The predicted octanol–water partition coefficient (Wildman–Crippen LogP) is 4.63. The monoisotopic (exact) mass is 314 g/mol. The molecule has 0 unspecified atom stereocenters. The van der Waals surface area contributed by atoms with Gasteiger partial charge in [-0.25, -0.2) is 8.78 Å². The van der Waals surface area contributed by atoms with Crippen LogP contribution < -0.4 is 0 Å². The van der Waals surface area contributed by atoms with Crippen LogP contribution in [0.5, 0.6) is 0 Å². The van der Waals surface area contributed by atoms with E-state index in [1.807, 2.05) is 0 Å². The number of Topliss-reactive ketones (excluding diaryl/α,β-unsaturated/α-hetero) is 1. The Balaban J connectivity index is 2.11. The van der Waals surface area contributed by atoms with E-state index in [0.717, 1.165) is 0 Å². The lowest BCUT2D eigenvalue weighted by atomic mass is 10.0. The Morgan fingerprint density at radius 2 is 1.70 bits per heavy atom. The summed E-state index contributed by atoms with van der Waals surface area (Å²) in [6.07, 6.45) is -0.130. The first-order chi connectivity index (χ1) is 9.47. The summed E-state index contributed by atoms with van der Waals surface area (Å²) in [4.78, 5) is 11.9. The number of hydrogen-bond donors (Lipinski definition) is 0. The van der Waals surface area contributed by atoms with Gasteiger partial charge in [0.15, 0.2) is 0 Å². The standard InChI is InChI=1S/C15H10Cl2F2O/c16-12-2-1-3-14(18)11(12)8-10(20)6-9-4-5-13(17)15(19)7-9/h1-5,7H,6,8H2. The van der Waals surface area contributed by atoms with Crippen molar-refractivity contribution >= 4 is 29.0 Å². The van der Waals surface area contributed by atoms with E-state index in [-0.39, 0.29) is 34.2 Å². The first kappa shape index (κ1) is 14.9. The molecule has 1 nitrogen and oxygen atoms in total. The lowest BCUT2D eigenvalue weighted by Gasteiger charge is -2.06. The fraction of sp³-hybridized carbons (Fsp3) is 0.133. The average Bonchev–Trinajstić information content (AvgIpc) is 2.38. The predicted molar refractivity (Wildman–Crippen MR) is 75.2 cm³/mol. The Hall–Kier alpha value is -1.45. The van der Waals surface area contributed by atoms with Crippen molar-refractivity contribution in [2.24, 2.45) is 0 Å². The normalized spacial score (nSPS) is 10.6. The van der Waals surface area contributed by atoms with Crippen molar-refractivity contribution in [3.05, 3.63) is 69.2 Å². The summed E-state index contributed by atoms with van der Waals surface area (Å²) in [6, 6.07) is 8.39. The van der Waals surface area contributed by atoms with E-state index in [1.54, 1.807) is 6.07 Å². The molecule has 2 aromatic carbocycles. The summed E-state index contributed by atoms with van der Waals surface area (Å²) < 4.78 is 26.8. The molecule has 0 spiro atoms. The molecule has 104 valence electrons. The van der Waals surface area contributed by atoms with Crippen LogP contribution in [0.2, 0.25) is 10.0 Å². The zero-order valence-electron chi connectivity index (χ0n) is 10.3. The Labute approximate surface area is 125 Å². The molecule has 2 aromatic rings. The number of carbonyl (C=O) groups is 1. The Kier molecular flexibility index (Phi) is 4.73. The smallest absolute Gasteiger partial charge is 0.142 e. The Morgan fingerprint density at radius 1 is 0.950 bits per heavy atom. The van der Waals surface area contributed by atoms with E-state index in [2.05, 4.69) is 0 Å².